The van der Waals surface area contributed by atoms with Crippen molar-refractivity contribution in [1.82, 2.24) is 5.32 Å². The molecule has 0 heterocycles. The maximum atomic E-state index is 12.3. The fourth-order valence-corrected chi connectivity index (χ4v) is 4.70. The number of hydrogen-bond acceptors (Lipinski definition) is 4. The van der Waals surface area contributed by atoms with Gasteiger partial charge in [-0.3, -0.25) is 4.79 Å². The van der Waals surface area contributed by atoms with E-state index >= 15 is 0 Å². The Bertz CT molecular complexity index is 685. The van der Waals surface area contributed by atoms with Crippen LogP contribution in [0.4, 0.5) is 0 Å². The number of nitrogens with one attached hydrogen (secondary N) is 1. The average Bonchev–Trinajstić information content (AvgIpc) is 2.96. The third kappa shape index (κ3) is 28.2. The Morgan fingerprint density at radius 3 is 1.66 bits per heavy atom. The Morgan fingerprint density at radius 2 is 1.10 bits per heavy atom. The summed E-state index contributed by atoms with van der Waals surface area (Å²) in [6.45, 7) is 4.12. The minimum absolute atomic E-state index is 0.103. The molecule has 1 amide bonds. The highest BCUT2D eigenvalue weighted by Gasteiger charge is 2.19. The van der Waals surface area contributed by atoms with E-state index in [0.29, 0.717) is 0 Å². The van der Waals surface area contributed by atoms with Gasteiger partial charge in [-0.1, -0.05) is 146 Å². The molecular weight excluding hydrogens is 510 g/mol. The monoisotopic (exact) mass is 575 g/mol. The topological polar surface area (TPSA) is 89.8 Å². The molecule has 238 valence electrons. The fourth-order valence-electron chi connectivity index (χ4n) is 4.70. The molecule has 0 aromatic carbocycles. The standard InChI is InChI=1S/C36H65NO4/c1-3-5-7-9-11-13-15-16-17-18-20-22-24-26-28-30-35(40)34(32-38)37-36(41)31-33(39)29-27-25-23-21-19-14-12-10-8-6-4-2/h20-23,27-30,33-35,38-40H,3-19,24-26,31-32H2,1-2H3,(H,37,41)/b22-20+,23-21-,29-27-,30-28+. The molecule has 0 spiro atoms. The molecule has 5 nitrogen and oxygen atoms in total. The molecule has 0 aliphatic rings. The van der Waals surface area contributed by atoms with E-state index in [0.717, 1.165) is 32.1 Å². The van der Waals surface area contributed by atoms with Gasteiger partial charge in [0.25, 0.3) is 0 Å². The van der Waals surface area contributed by atoms with Crippen molar-refractivity contribution in [2.45, 2.75) is 167 Å². The van der Waals surface area contributed by atoms with E-state index in [4.69, 9.17) is 0 Å². The van der Waals surface area contributed by atoms with Gasteiger partial charge in [-0.2, -0.15) is 0 Å². The van der Waals surface area contributed by atoms with Gasteiger partial charge < -0.3 is 20.6 Å². The number of rotatable bonds is 29. The van der Waals surface area contributed by atoms with Crippen LogP contribution in [0.3, 0.4) is 0 Å². The summed E-state index contributed by atoms with van der Waals surface area (Å²) in [4.78, 5) is 12.3. The van der Waals surface area contributed by atoms with Crippen LogP contribution in [0.1, 0.15) is 149 Å². The summed E-state index contributed by atoms with van der Waals surface area (Å²) < 4.78 is 0. The number of aliphatic hydroxyl groups excluding tert-OH is 3. The summed E-state index contributed by atoms with van der Waals surface area (Å²) in [5.74, 6) is -0.397. The lowest BCUT2D eigenvalue weighted by molar-refractivity contribution is -0.124. The summed E-state index contributed by atoms with van der Waals surface area (Å²) in [5.41, 5.74) is 0. The van der Waals surface area contributed by atoms with E-state index in [1.165, 1.54) is 96.3 Å². The van der Waals surface area contributed by atoms with Crippen molar-refractivity contribution in [3.05, 3.63) is 48.6 Å². The molecule has 0 rings (SSSR count). The lowest BCUT2D eigenvalue weighted by atomic mass is 10.1. The molecule has 5 heteroatoms. The van der Waals surface area contributed by atoms with E-state index in [1.54, 1.807) is 12.2 Å². The van der Waals surface area contributed by atoms with Crippen LogP contribution >= 0.6 is 0 Å². The molecule has 0 aliphatic heterocycles. The van der Waals surface area contributed by atoms with Crippen molar-refractivity contribution in [2.75, 3.05) is 6.61 Å². The SMILES string of the molecule is CCCCCCCC/C=C\C/C=C\C(O)CC(=O)NC(CO)C(O)/C=C/CC/C=C/CCCCCCCCCCC. The maximum absolute atomic E-state index is 12.3. The Hall–Kier alpha value is -1.69. The highest BCUT2D eigenvalue weighted by molar-refractivity contribution is 5.77. The largest absolute Gasteiger partial charge is 0.394 e. The smallest absolute Gasteiger partial charge is 0.223 e. The zero-order valence-electron chi connectivity index (χ0n) is 26.7. The molecule has 0 bridgehead atoms. The molecule has 0 aliphatic carbocycles. The first-order chi connectivity index (χ1) is 20.0. The first kappa shape index (κ1) is 39.3. The zero-order valence-corrected chi connectivity index (χ0v) is 26.7. The van der Waals surface area contributed by atoms with E-state index in [2.05, 4.69) is 43.5 Å². The molecule has 3 unspecified atom stereocenters. The lowest BCUT2D eigenvalue weighted by Gasteiger charge is -2.20. The summed E-state index contributed by atoms with van der Waals surface area (Å²) in [6, 6.07) is -0.790. The van der Waals surface area contributed by atoms with Crippen molar-refractivity contribution in [1.29, 1.82) is 0 Å². The van der Waals surface area contributed by atoms with Crippen LogP contribution in [0.5, 0.6) is 0 Å². The highest BCUT2D eigenvalue weighted by atomic mass is 16.3. The first-order valence-corrected chi connectivity index (χ1v) is 16.9. The van der Waals surface area contributed by atoms with Gasteiger partial charge in [-0.25, -0.2) is 0 Å². The van der Waals surface area contributed by atoms with Crippen molar-refractivity contribution < 1.29 is 20.1 Å². The quantitative estimate of drug-likeness (QED) is 0.0531. The summed E-state index contributed by atoms with van der Waals surface area (Å²) in [5, 5.41) is 32.7. The number of aliphatic hydroxyl groups is 3. The van der Waals surface area contributed by atoms with Crippen LogP contribution in [0, 0.1) is 0 Å². The van der Waals surface area contributed by atoms with Crippen molar-refractivity contribution >= 4 is 5.91 Å². The second-order valence-electron chi connectivity index (χ2n) is 11.4. The van der Waals surface area contributed by atoms with Crippen LogP contribution in [-0.4, -0.2) is 46.1 Å². The Kier molecular flexibility index (Phi) is 30.0. The molecule has 3 atom stereocenters. The Balaban J connectivity index is 3.94. The van der Waals surface area contributed by atoms with Crippen LogP contribution in [-0.2, 0) is 4.79 Å². The van der Waals surface area contributed by atoms with E-state index in [-0.39, 0.29) is 13.0 Å². The van der Waals surface area contributed by atoms with Gasteiger partial charge in [-0.15, -0.1) is 0 Å². The summed E-state index contributed by atoms with van der Waals surface area (Å²) in [6.07, 6.45) is 38.2. The fraction of sp³-hybridized carbons (Fsp3) is 0.750. The van der Waals surface area contributed by atoms with E-state index in [1.807, 2.05) is 12.2 Å². The molecule has 4 N–H and O–H groups in total. The molecule has 41 heavy (non-hydrogen) atoms. The zero-order chi connectivity index (χ0) is 30.2. The number of allylic oxidation sites excluding steroid dienone is 6. The second kappa shape index (κ2) is 31.3. The number of unbranched alkanes of at least 4 members (excludes halogenated alkanes) is 16. The van der Waals surface area contributed by atoms with Gasteiger partial charge in [0.2, 0.25) is 5.91 Å². The predicted molar refractivity (Wildman–Crippen MR) is 176 cm³/mol. The molecular formula is C36H65NO4. The van der Waals surface area contributed by atoms with E-state index < -0.39 is 24.2 Å². The minimum atomic E-state index is -0.973. The van der Waals surface area contributed by atoms with Crippen molar-refractivity contribution in [3.63, 3.8) is 0 Å². The third-order valence-electron chi connectivity index (χ3n) is 7.35. The maximum Gasteiger partial charge on any atom is 0.223 e. The van der Waals surface area contributed by atoms with Crippen LogP contribution in [0.2, 0.25) is 0 Å². The van der Waals surface area contributed by atoms with Gasteiger partial charge >= 0.3 is 0 Å². The molecule has 0 fully saturated rings. The van der Waals surface area contributed by atoms with Crippen LogP contribution in [0.15, 0.2) is 48.6 Å². The van der Waals surface area contributed by atoms with Gasteiger partial charge in [0.05, 0.1) is 31.3 Å². The predicted octanol–water partition coefficient (Wildman–Crippen LogP) is 8.64. The van der Waals surface area contributed by atoms with Gasteiger partial charge in [-0.05, 0) is 44.9 Å². The normalized spacial score (nSPS) is 14.6. The number of hydrogen-bond donors (Lipinski definition) is 4. The number of carbonyl (C=O) groups excluding carboxylic acids is 1. The molecule has 0 saturated carbocycles. The number of carbonyl (C=O) groups is 1. The molecule has 0 radical (unpaired) electrons. The average molecular weight is 576 g/mol. The highest BCUT2D eigenvalue weighted by Crippen LogP contribution is 2.11. The van der Waals surface area contributed by atoms with Crippen LogP contribution < -0.4 is 5.32 Å². The third-order valence-corrected chi connectivity index (χ3v) is 7.35. The van der Waals surface area contributed by atoms with Crippen LogP contribution in [0.25, 0.3) is 0 Å². The molecule has 0 aromatic heterocycles. The Labute approximate surface area is 253 Å². The van der Waals surface area contributed by atoms with Crippen molar-refractivity contribution in [3.8, 4) is 0 Å². The summed E-state index contributed by atoms with van der Waals surface area (Å²) in [7, 11) is 0. The van der Waals surface area contributed by atoms with Crippen molar-refractivity contribution in [2.24, 2.45) is 0 Å². The van der Waals surface area contributed by atoms with Gasteiger partial charge in [0.15, 0.2) is 0 Å². The second-order valence-corrected chi connectivity index (χ2v) is 11.4. The Morgan fingerprint density at radius 1 is 0.610 bits per heavy atom. The molecule has 0 aromatic rings. The van der Waals surface area contributed by atoms with E-state index in [9.17, 15) is 20.1 Å². The minimum Gasteiger partial charge on any atom is -0.394 e. The van der Waals surface area contributed by atoms with Gasteiger partial charge in [0.1, 0.15) is 0 Å². The lowest BCUT2D eigenvalue weighted by Crippen LogP contribution is -2.45. The number of amides is 1. The first-order valence-electron chi connectivity index (χ1n) is 16.9. The van der Waals surface area contributed by atoms with Gasteiger partial charge in [0, 0.05) is 0 Å². The summed E-state index contributed by atoms with van der Waals surface area (Å²) >= 11 is 0. The molecule has 0 saturated heterocycles.